The van der Waals surface area contributed by atoms with Gasteiger partial charge in [-0.2, -0.15) is 0 Å². The predicted molar refractivity (Wildman–Crippen MR) is 530 cm³/mol. The fourth-order valence-electron chi connectivity index (χ4n) is 18.6. The fourth-order valence-corrected chi connectivity index (χ4v) is 18.6. The van der Waals surface area contributed by atoms with E-state index in [1.165, 1.54) is 116 Å². The van der Waals surface area contributed by atoms with Gasteiger partial charge in [-0.3, -0.25) is 4.79 Å². The lowest BCUT2D eigenvalue weighted by Gasteiger charge is -2.31. The highest BCUT2D eigenvalue weighted by Crippen LogP contribution is 2.38. The minimum atomic E-state index is -1.24. The maximum atomic E-state index is 13.8. The topological polar surface area (TPSA) is 267 Å². The van der Waals surface area contributed by atoms with Crippen molar-refractivity contribution in [3.05, 3.63) is 281 Å². The number of carbonyl (C=O) groups excluding carboxylic acids is 3. The molecule has 13 N–H and O–H groups in total. The number of alkyl halides is 1. The summed E-state index contributed by atoms with van der Waals surface area (Å²) in [5.74, 6) is -6.33. The number of aliphatic hydroxyl groups excluding tert-OH is 3. The number of ether oxygens (including phenoxy) is 3. The van der Waals surface area contributed by atoms with Gasteiger partial charge in [0.15, 0.2) is 6.67 Å². The number of nitrogens with one attached hydrogen (secondary N) is 6. The van der Waals surface area contributed by atoms with Crippen LogP contribution in [-0.4, -0.2) is 126 Å². The molecule has 13 rings (SSSR count). The summed E-state index contributed by atoms with van der Waals surface area (Å²) < 4.78 is 137. The van der Waals surface area contributed by atoms with Crippen molar-refractivity contribution in [1.29, 1.82) is 0 Å². The summed E-state index contributed by atoms with van der Waals surface area (Å²) in [7, 11) is 0. The van der Waals surface area contributed by atoms with Crippen molar-refractivity contribution in [3.8, 4) is 0 Å². The van der Waals surface area contributed by atoms with E-state index in [0.717, 1.165) is 126 Å². The number of amides is 3. The number of aryl methyl sites for hydroxylation is 4. The maximum absolute atomic E-state index is 13.8. The number of halogens is 9. The average Bonchev–Trinajstić information content (AvgIpc) is 1.21. The van der Waals surface area contributed by atoms with Gasteiger partial charge in [-0.15, -0.1) is 0 Å². The molecule has 12 atom stereocenters. The van der Waals surface area contributed by atoms with Gasteiger partial charge in [0.05, 0.1) is 43.0 Å². The molecule has 758 valence electrons. The highest BCUT2D eigenvalue weighted by Gasteiger charge is 2.37. The molecule has 1 aliphatic heterocycles. The van der Waals surface area contributed by atoms with Gasteiger partial charge in [-0.05, 0) is 329 Å². The molecule has 0 unspecified atom stereocenters. The molecule has 4 aliphatic carbocycles. The number of hydrogen-bond acceptors (Lipinski definition) is 14. The van der Waals surface area contributed by atoms with Crippen molar-refractivity contribution in [2.24, 2.45) is 33.1 Å². The molecular weight excluding hydrogens is 1770 g/mol. The Kier molecular flexibility index (Phi) is 41.1. The van der Waals surface area contributed by atoms with E-state index < -0.39 is 119 Å². The van der Waals surface area contributed by atoms with Crippen molar-refractivity contribution in [3.63, 3.8) is 0 Å². The van der Waals surface area contributed by atoms with Crippen LogP contribution in [0.3, 0.4) is 0 Å². The molecule has 17 nitrogen and oxygen atoms in total. The Hall–Kier alpha value is -9.22. The molecule has 3 amide bonds. The molecule has 8 aromatic rings. The zero-order valence-electron chi connectivity index (χ0n) is 84.3. The summed E-state index contributed by atoms with van der Waals surface area (Å²) in [5, 5.41) is 50.7. The Labute approximate surface area is 813 Å². The monoisotopic (exact) mass is 1930 g/mol. The van der Waals surface area contributed by atoms with E-state index in [0.29, 0.717) is 35.3 Å². The molecule has 0 aromatic heterocycles. The van der Waals surface area contributed by atoms with Crippen LogP contribution in [0.1, 0.15) is 289 Å². The van der Waals surface area contributed by atoms with Gasteiger partial charge in [0.2, 0.25) is 0 Å². The molecule has 1 fully saturated rings. The van der Waals surface area contributed by atoms with Crippen LogP contribution in [-0.2, 0) is 96.1 Å². The molecule has 26 heteroatoms. The number of carbonyl (C=O) groups is 3. The third kappa shape index (κ3) is 39.7. The third-order valence-corrected chi connectivity index (χ3v) is 24.4. The van der Waals surface area contributed by atoms with Gasteiger partial charge < -0.3 is 72.9 Å². The average molecular weight is 1930 g/mol. The number of epoxide rings is 1. The van der Waals surface area contributed by atoms with Crippen LogP contribution in [0.4, 0.5) is 49.1 Å². The standard InChI is InChI=1S/C30H42F2N2O3.C27H35F3N2O2.C25H34F2N2O.C15H19F2NO3.C15H23N/c1-29(2,3)17-19-10-11-21-8-7-9-25(24(21)14-19)33-18-27(35)26(34-28(36)37-30(4,5)6)15-20-12-22(31)16-23(32)13-20;1-27(2,3)14-17-7-8-19-5-4-6-23(22(19)11-17)31-16-25(33)24(32-26(34)15-28)12-18-9-20(29)13-21(30)10-18;1-25(2,3)14-16-7-8-18-5-4-6-23(21(18)11-16)29-15-24(30)22(28)12-17-9-19(26)13-20(27)10-17;1-15(2,3)21-14(19)18-12(13-8-20-13)6-9-4-10(16)7-11(17)5-9;1-15(2,3)10-11-7-8-12-5-4-6-14(16)13(12)9-11/h10-14,16,25-27,33,35H,7-9,15,17-18H2,1-6H3,(H,34,36);7-11,13,23-25,31,33H,4-6,12,14-16H2,1-3H3,(H,32,34);7-11,13,22-24,29-30H,4-6,12,14-15,28H2,1-3H3;4-5,7,12-13H,6,8H2,1-3H3,(H,18,19);7-9,14H,4-6,10,16H2,1-3H3/t25-,26-,27+;23-,24-,25+;22-,23-,24+;12-,13+;14-/m00000/s1. The minimum Gasteiger partial charge on any atom is -0.444 e. The maximum Gasteiger partial charge on any atom is 0.407 e. The lowest BCUT2D eigenvalue weighted by atomic mass is 9.82. The van der Waals surface area contributed by atoms with Crippen LogP contribution in [0.15, 0.2) is 146 Å². The van der Waals surface area contributed by atoms with Crippen LogP contribution in [0.5, 0.6) is 0 Å². The number of fused-ring (bicyclic) bond motifs is 4. The first-order valence-electron chi connectivity index (χ1n) is 49.0. The second-order valence-electron chi connectivity index (χ2n) is 45.1. The van der Waals surface area contributed by atoms with Crippen LogP contribution >= 0.6 is 0 Å². The second kappa shape index (κ2) is 50.4. The molecule has 0 radical (unpaired) electrons. The molecule has 5 aliphatic rings. The smallest absolute Gasteiger partial charge is 0.407 e. The number of benzene rings is 8. The van der Waals surface area contributed by atoms with Gasteiger partial charge in [-0.25, -0.2) is 49.1 Å². The van der Waals surface area contributed by atoms with Crippen molar-refractivity contribution < 1.29 is 83.4 Å². The summed E-state index contributed by atoms with van der Waals surface area (Å²) in [5.41, 5.74) is 29.4. The second-order valence-corrected chi connectivity index (χ2v) is 45.1. The molecular formula is C112H153F9N8O9. The van der Waals surface area contributed by atoms with Crippen molar-refractivity contribution in [2.45, 2.75) is 337 Å². The van der Waals surface area contributed by atoms with E-state index in [9.17, 15) is 69.2 Å². The third-order valence-electron chi connectivity index (χ3n) is 24.4. The van der Waals surface area contributed by atoms with Gasteiger partial charge in [0, 0.05) is 74.1 Å². The minimum absolute atomic E-state index is 0.0275. The van der Waals surface area contributed by atoms with Crippen molar-refractivity contribution in [2.75, 3.05) is 32.9 Å². The zero-order valence-corrected chi connectivity index (χ0v) is 84.3. The number of nitrogens with two attached hydrogens (primary N) is 2. The van der Waals surface area contributed by atoms with E-state index in [2.05, 4.69) is 188 Å². The first-order valence-corrected chi connectivity index (χ1v) is 49.0. The number of rotatable bonds is 29. The van der Waals surface area contributed by atoms with Gasteiger partial charge in [0.1, 0.15) is 63.8 Å². The summed E-state index contributed by atoms with van der Waals surface area (Å²) in [6.45, 7) is 37.3. The molecule has 1 saturated heterocycles. The normalized spacial score (nSPS) is 18.4. The highest BCUT2D eigenvalue weighted by molar-refractivity contribution is 5.77. The van der Waals surface area contributed by atoms with E-state index in [4.69, 9.17) is 25.7 Å². The summed E-state index contributed by atoms with van der Waals surface area (Å²) in [6.07, 6.45) is 13.0. The lowest BCUT2D eigenvalue weighted by Crippen LogP contribution is -2.50. The van der Waals surface area contributed by atoms with Crippen LogP contribution in [0, 0.1) is 68.2 Å². The highest BCUT2D eigenvalue weighted by atomic mass is 19.2. The predicted octanol–water partition coefficient (Wildman–Crippen LogP) is 21.5. The molecule has 0 saturated carbocycles. The Balaban J connectivity index is 0.000000198. The van der Waals surface area contributed by atoms with Crippen molar-refractivity contribution in [1.82, 2.24) is 31.9 Å². The quantitative estimate of drug-likeness (QED) is 0.0154. The van der Waals surface area contributed by atoms with Crippen molar-refractivity contribution >= 4 is 18.1 Å². The molecule has 0 spiro atoms. The largest absolute Gasteiger partial charge is 0.444 e. The van der Waals surface area contributed by atoms with Crippen LogP contribution < -0.4 is 43.4 Å². The summed E-state index contributed by atoms with van der Waals surface area (Å²) in [4.78, 5) is 36.0. The Morgan fingerprint density at radius 1 is 0.377 bits per heavy atom. The number of alkyl carbamates (subject to hydrolysis) is 2. The van der Waals surface area contributed by atoms with E-state index >= 15 is 0 Å². The summed E-state index contributed by atoms with van der Waals surface area (Å²) in [6, 6.07) is 37.8. The Morgan fingerprint density at radius 3 is 0.971 bits per heavy atom. The number of aliphatic hydroxyl groups is 3. The van der Waals surface area contributed by atoms with E-state index in [-0.39, 0.29) is 96.9 Å². The molecule has 138 heavy (non-hydrogen) atoms. The summed E-state index contributed by atoms with van der Waals surface area (Å²) >= 11 is 0. The fraction of sp³-hybridized carbons (Fsp3) is 0.545. The van der Waals surface area contributed by atoms with E-state index in [1.807, 2.05) is 0 Å². The first kappa shape index (κ1) is 112. The molecule has 8 aromatic carbocycles. The Bertz CT molecular complexity index is 5210. The Morgan fingerprint density at radius 2 is 0.659 bits per heavy atom. The van der Waals surface area contributed by atoms with Gasteiger partial charge in [0.25, 0.3) is 5.91 Å². The molecule has 0 bridgehead atoms. The van der Waals surface area contributed by atoms with Crippen LogP contribution in [0.2, 0.25) is 0 Å². The van der Waals surface area contributed by atoms with Gasteiger partial charge in [-0.1, -0.05) is 156 Å². The lowest BCUT2D eigenvalue weighted by molar-refractivity contribution is -0.123. The molecule has 1 heterocycles. The van der Waals surface area contributed by atoms with E-state index in [1.54, 1.807) is 41.5 Å². The van der Waals surface area contributed by atoms with Gasteiger partial charge >= 0.3 is 12.2 Å². The van der Waals surface area contributed by atoms with Crippen LogP contribution in [0.25, 0.3) is 0 Å². The number of hydrogen-bond donors (Lipinski definition) is 11. The zero-order chi connectivity index (χ0) is 102. The first-order chi connectivity index (χ1) is 64.5. The SMILES string of the molecule is CC(C)(C)Cc1ccc2c(c1)[C@@H](N)CCC2.CC(C)(C)Cc1ccc2c(c1)[C@@H](NC[C@@H](O)[C@@H](N)Cc1cc(F)cc(F)c1)CCC2.CC(C)(C)Cc1ccc2c(c1)[C@@H](NC[C@@H](O)[C@H](Cc1cc(F)cc(F)c1)NC(=O)CF)CCC2.CC(C)(C)Cc1ccc2c(c1)[C@@H](NC[C@@H](O)[C@H](Cc1cc(F)cc(F)c1)NC(=O)OC(C)(C)C)CCC2.CC(C)(C)OC(=O)N[C@@H](Cc1cc(F)cc(F)c1)[C@H]1CO1.